The molecule has 3 atom stereocenters. The number of carbonyl (C=O) groups is 3. The van der Waals surface area contributed by atoms with Crippen LogP contribution in [0.4, 0.5) is 4.79 Å². The lowest BCUT2D eigenvalue weighted by atomic mass is 9.98. The monoisotopic (exact) mass is 549 g/mol. The molecule has 0 fully saturated rings. The molecule has 3 N–H and O–H groups in total. The molecule has 2 rings (SSSR count). The molecule has 0 saturated carbocycles. The van der Waals surface area contributed by atoms with Crippen molar-refractivity contribution in [1.82, 2.24) is 15.5 Å². The van der Waals surface area contributed by atoms with E-state index in [9.17, 15) is 19.5 Å². The third-order valence-corrected chi connectivity index (χ3v) is 6.11. The van der Waals surface area contributed by atoms with Crippen LogP contribution in [0.3, 0.4) is 0 Å². The zero-order chi connectivity index (χ0) is 29.9. The highest BCUT2D eigenvalue weighted by Gasteiger charge is 2.36. The topological polar surface area (TPSA) is 108 Å². The van der Waals surface area contributed by atoms with Crippen LogP contribution in [0.2, 0.25) is 0 Å². The SMILES string of the molecule is C=CCN(C(=O)C(Cc1ccc(O)cc1)NC(=O)OC(C)(C)C)C(C(=O)NC(C)CCC)c1cccc(C=C)c1. The van der Waals surface area contributed by atoms with Gasteiger partial charge in [-0.05, 0) is 69.0 Å². The fourth-order valence-electron chi connectivity index (χ4n) is 4.34. The number of hydrogen-bond donors (Lipinski definition) is 3. The molecule has 0 bridgehead atoms. The van der Waals surface area contributed by atoms with Crippen molar-refractivity contribution in [3.05, 3.63) is 84.5 Å². The molecule has 0 aliphatic carbocycles. The number of aromatic hydroxyl groups is 1. The zero-order valence-corrected chi connectivity index (χ0v) is 24.3. The van der Waals surface area contributed by atoms with Gasteiger partial charge in [0, 0.05) is 19.0 Å². The fraction of sp³-hybridized carbons (Fsp3) is 0.406. The van der Waals surface area contributed by atoms with E-state index in [-0.39, 0.29) is 30.7 Å². The maximum Gasteiger partial charge on any atom is 0.408 e. The van der Waals surface area contributed by atoms with Crippen LogP contribution in [0.5, 0.6) is 5.75 Å². The van der Waals surface area contributed by atoms with Crippen molar-refractivity contribution >= 4 is 24.0 Å². The van der Waals surface area contributed by atoms with Crippen LogP contribution >= 0.6 is 0 Å². The van der Waals surface area contributed by atoms with Gasteiger partial charge in [-0.2, -0.15) is 0 Å². The van der Waals surface area contributed by atoms with Crippen molar-refractivity contribution in [2.45, 2.75) is 77.6 Å². The predicted octanol–water partition coefficient (Wildman–Crippen LogP) is 5.53. The maximum absolute atomic E-state index is 14.2. The molecule has 2 aromatic rings. The molecule has 0 spiro atoms. The largest absolute Gasteiger partial charge is 0.508 e. The minimum atomic E-state index is -1.06. The minimum Gasteiger partial charge on any atom is -0.508 e. The van der Waals surface area contributed by atoms with Gasteiger partial charge in [0.25, 0.3) is 0 Å². The normalized spacial score (nSPS) is 13.3. The summed E-state index contributed by atoms with van der Waals surface area (Å²) >= 11 is 0. The average Bonchev–Trinajstić information content (AvgIpc) is 2.88. The third kappa shape index (κ3) is 9.91. The summed E-state index contributed by atoms with van der Waals surface area (Å²) in [6.45, 7) is 16.9. The molecular weight excluding hydrogens is 506 g/mol. The Morgan fingerprint density at radius 2 is 1.75 bits per heavy atom. The molecule has 3 unspecified atom stereocenters. The molecule has 0 aromatic heterocycles. The average molecular weight is 550 g/mol. The summed E-state index contributed by atoms with van der Waals surface area (Å²) < 4.78 is 5.45. The molecule has 0 saturated heterocycles. The molecule has 216 valence electrons. The van der Waals surface area contributed by atoms with Gasteiger partial charge >= 0.3 is 6.09 Å². The number of carbonyl (C=O) groups excluding carboxylic acids is 3. The van der Waals surface area contributed by atoms with E-state index in [0.29, 0.717) is 11.1 Å². The second-order valence-corrected chi connectivity index (χ2v) is 10.8. The maximum atomic E-state index is 14.2. The van der Waals surface area contributed by atoms with Gasteiger partial charge in [-0.1, -0.05) is 62.4 Å². The van der Waals surface area contributed by atoms with Crippen molar-refractivity contribution in [2.24, 2.45) is 0 Å². The van der Waals surface area contributed by atoms with Gasteiger partial charge < -0.3 is 25.4 Å². The van der Waals surface area contributed by atoms with Gasteiger partial charge in [-0.15, -0.1) is 6.58 Å². The number of alkyl carbamates (subject to hydrolysis) is 1. The van der Waals surface area contributed by atoms with Crippen molar-refractivity contribution in [1.29, 1.82) is 0 Å². The van der Waals surface area contributed by atoms with Crippen LogP contribution in [0.15, 0.2) is 67.8 Å². The van der Waals surface area contributed by atoms with Crippen LogP contribution in [0.25, 0.3) is 6.08 Å². The number of rotatable bonds is 13. The first kappa shape index (κ1) is 32.1. The van der Waals surface area contributed by atoms with Crippen LogP contribution in [0, 0.1) is 0 Å². The van der Waals surface area contributed by atoms with E-state index in [1.807, 2.05) is 32.0 Å². The zero-order valence-electron chi connectivity index (χ0n) is 24.3. The Morgan fingerprint density at radius 1 is 1.07 bits per heavy atom. The van der Waals surface area contributed by atoms with Crippen molar-refractivity contribution in [2.75, 3.05) is 6.54 Å². The second kappa shape index (κ2) is 14.9. The second-order valence-electron chi connectivity index (χ2n) is 10.8. The summed E-state index contributed by atoms with van der Waals surface area (Å²) in [4.78, 5) is 42.3. The lowest BCUT2D eigenvalue weighted by Crippen LogP contribution is -2.54. The molecule has 2 aromatic carbocycles. The molecule has 0 radical (unpaired) electrons. The molecule has 0 aliphatic rings. The smallest absolute Gasteiger partial charge is 0.408 e. The van der Waals surface area contributed by atoms with E-state index in [0.717, 1.165) is 18.4 Å². The number of nitrogens with one attached hydrogen (secondary N) is 2. The van der Waals surface area contributed by atoms with Crippen molar-refractivity contribution in [3.63, 3.8) is 0 Å². The predicted molar refractivity (Wildman–Crippen MR) is 159 cm³/mol. The first-order chi connectivity index (χ1) is 18.9. The summed E-state index contributed by atoms with van der Waals surface area (Å²) in [6, 6.07) is 11.5. The van der Waals surface area contributed by atoms with Gasteiger partial charge in [0.05, 0.1) is 0 Å². The molecule has 3 amide bonds. The lowest BCUT2D eigenvalue weighted by molar-refractivity contribution is -0.142. The summed E-state index contributed by atoms with van der Waals surface area (Å²) in [7, 11) is 0. The van der Waals surface area contributed by atoms with E-state index < -0.39 is 29.7 Å². The number of phenols is 1. The van der Waals surface area contributed by atoms with Crippen LogP contribution < -0.4 is 10.6 Å². The number of hydrogen-bond acceptors (Lipinski definition) is 5. The first-order valence-corrected chi connectivity index (χ1v) is 13.6. The van der Waals surface area contributed by atoms with Crippen LogP contribution in [-0.2, 0) is 20.7 Å². The molecule has 8 heteroatoms. The highest BCUT2D eigenvalue weighted by molar-refractivity contribution is 5.92. The van der Waals surface area contributed by atoms with E-state index in [1.54, 1.807) is 51.1 Å². The van der Waals surface area contributed by atoms with E-state index in [1.165, 1.54) is 17.0 Å². The third-order valence-electron chi connectivity index (χ3n) is 6.11. The summed E-state index contributed by atoms with van der Waals surface area (Å²) in [5, 5.41) is 15.5. The first-order valence-electron chi connectivity index (χ1n) is 13.6. The Labute approximate surface area is 238 Å². The molecule has 0 heterocycles. The fourth-order valence-corrected chi connectivity index (χ4v) is 4.34. The number of nitrogens with zero attached hydrogens (tertiary/aromatic N) is 1. The van der Waals surface area contributed by atoms with Gasteiger partial charge in [-0.3, -0.25) is 9.59 Å². The Morgan fingerprint density at radius 3 is 2.33 bits per heavy atom. The van der Waals surface area contributed by atoms with Gasteiger partial charge in [0.2, 0.25) is 11.8 Å². The quantitative estimate of drug-likeness (QED) is 0.285. The van der Waals surface area contributed by atoms with Crippen LogP contribution in [0.1, 0.15) is 70.2 Å². The van der Waals surface area contributed by atoms with Gasteiger partial charge in [0.1, 0.15) is 23.4 Å². The molecule has 0 aliphatic heterocycles. The van der Waals surface area contributed by atoms with E-state index in [4.69, 9.17) is 4.74 Å². The number of benzene rings is 2. The Hall–Kier alpha value is -4.07. The van der Waals surface area contributed by atoms with E-state index >= 15 is 0 Å². The number of amides is 3. The van der Waals surface area contributed by atoms with Gasteiger partial charge in [0.15, 0.2) is 0 Å². The van der Waals surface area contributed by atoms with E-state index in [2.05, 4.69) is 23.8 Å². The highest BCUT2D eigenvalue weighted by Crippen LogP contribution is 2.25. The van der Waals surface area contributed by atoms with Crippen molar-refractivity contribution in [3.8, 4) is 5.75 Å². The Bertz CT molecular complexity index is 1170. The van der Waals surface area contributed by atoms with Crippen molar-refractivity contribution < 1.29 is 24.2 Å². The van der Waals surface area contributed by atoms with Crippen LogP contribution in [-0.4, -0.2) is 52.1 Å². The lowest BCUT2D eigenvalue weighted by Gasteiger charge is -2.34. The molecular formula is C32H43N3O5. The Balaban J connectivity index is 2.56. The minimum absolute atomic E-state index is 0.0550. The molecule has 8 nitrogen and oxygen atoms in total. The highest BCUT2D eigenvalue weighted by atomic mass is 16.6. The summed E-state index contributed by atoms with van der Waals surface area (Å²) in [6.07, 6.45) is 4.26. The standard InChI is InChI=1S/C32H43N3O5/c1-8-12-22(4)33-29(37)28(25-14-11-13-23(10-3)20-25)35(19-9-2)30(38)27(34-31(39)40-32(5,6)7)21-24-15-17-26(36)18-16-24/h9-11,13-18,20,22,27-28,36H,2-3,8,12,19,21H2,1,4-7H3,(H,33,37)(H,34,39). The van der Waals surface area contributed by atoms with Gasteiger partial charge in [-0.25, -0.2) is 4.79 Å². The summed E-state index contributed by atoms with van der Waals surface area (Å²) in [5.74, 6) is -0.732. The number of ether oxygens (including phenoxy) is 1. The summed E-state index contributed by atoms with van der Waals surface area (Å²) in [5.41, 5.74) is 1.34. The Kier molecular flexibility index (Phi) is 12.0. The number of phenolic OH excluding ortho intramolecular Hbond substituents is 1. The molecule has 40 heavy (non-hydrogen) atoms.